The SMILES string of the molecule is NCC1(C(F)F)CC2(CCC2)C1. The molecule has 2 aliphatic rings. The fourth-order valence-corrected chi connectivity index (χ4v) is 2.86. The van der Waals surface area contributed by atoms with E-state index in [9.17, 15) is 8.78 Å². The van der Waals surface area contributed by atoms with Crippen LogP contribution in [0.2, 0.25) is 0 Å². The molecule has 0 atom stereocenters. The first kappa shape index (κ1) is 8.42. The van der Waals surface area contributed by atoms with E-state index in [1.807, 2.05) is 0 Å². The monoisotopic (exact) mass is 175 g/mol. The maximum Gasteiger partial charge on any atom is 0.245 e. The Kier molecular flexibility index (Phi) is 1.69. The number of alkyl halides is 2. The molecule has 0 aromatic heterocycles. The van der Waals surface area contributed by atoms with E-state index in [4.69, 9.17) is 5.73 Å². The van der Waals surface area contributed by atoms with Crippen LogP contribution < -0.4 is 5.73 Å². The molecular weight excluding hydrogens is 160 g/mol. The van der Waals surface area contributed by atoms with Crippen molar-refractivity contribution < 1.29 is 8.78 Å². The molecule has 1 nitrogen and oxygen atoms in total. The maximum atomic E-state index is 12.6. The first-order valence-electron chi connectivity index (χ1n) is 4.61. The summed E-state index contributed by atoms with van der Waals surface area (Å²) in [7, 11) is 0. The summed E-state index contributed by atoms with van der Waals surface area (Å²) in [4.78, 5) is 0. The van der Waals surface area contributed by atoms with Crippen molar-refractivity contribution in [2.75, 3.05) is 6.54 Å². The van der Waals surface area contributed by atoms with E-state index in [1.54, 1.807) is 0 Å². The van der Waals surface area contributed by atoms with Gasteiger partial charge in [-0.1, -0.05) is 6.42 Å². The van der Waals surface area contributed by atoms with Gasteiger partial charge in [0.05, 0.1) is 0 Å². The molecule has 2 rings (SSSR count). The van der Waals surface area contributed by atoms with Gasteiger partial charge >= 0.3 is 0 Å². The quantitative estimate of drug-likeness (QED) is 0.683. The highest BCUT2D eigenvalue weighted by atomic mass is 19.3. The minimum atomic E-state index is -2.21. The van der Waals surface area contributed by atoms with Crippen LogP contribution in [0, 0.1) is 10.8 Å². The molecule has 3 heteroatoms. The third kappa shape index (κ3) is 0.920. The molecule has 1 spiro atoms. The molecule has 0 amide bonds. The molecule has 0 aliphatic heterocycles. The van der Waals surface area contributed by atoms with Crippen molar-refractivity contribution in [2.24, 2.45) is 16.6 Å². The molecule has 0 aromatic rings. The zero-order valence-corrected chi connectivity index (χ0v) is 7.15. The van der Waals surface area contributed by atoms with Crippen LogP contribution in [-0.2, 0) is 0 Å². The van der Waals surface area contributed by atoms with Crippen LogP contribution in [0.15, 0.2) is 0 Å². The van der Waals surface area contributed by atoms with Gasteiger partial charge in [0.15, 0.2) is 0 Å². The molecule has 12 heavy (non-hydrogen) atoms. The van der Waals surface area contributed by atoms with Crippen molar-refractivity contribution in [2.45, 2.75) is 38.5 Å². The summed E-state index contributed by atoms with van der Waals surface area (Å²) in [5.74, 6) is 0. The third-order valence-corrected chi connectivity index (χ3v) is 3.74. The third-order valence-electron chi connectivity index (χ3n) is 3.74. The minimum Gasteiger partial charge on any atom is -0.330 e. The number of halogens is 2. The fraction of sp³-hybridized carbons (Fsp3) is 1.00. The zero-order chi connectivity index (χ0) is 8.82. The Balaban J connectivity index is 1.98. The number of nitrogens with two attached hydrogens (primary N) is 1. The zero-order valence-electron chi connectivity index (χ0n) is 7.15. The van der Waals surface area contributed by atoms with Crippen molar-refractivity contribution >= 4 is 0 Å². The molecule has 0 heterocycles. The topological polar surface area (TPSA) is 26.0 Å². The molecule has 70 valence electrons. The van der Waals surface area contributed by atoms with Gasteiger partial charge < -0.3 is 5.73 Å². The van der Waals surface area contributed by atoms with Gasteiger partial charge in [0.25, 0.3) is 0 Å². The van der Waals surface area contributed by atoms with Crippen molar-refractivity contribution in [3.05, 3.63) is 0 Å². The Bertz CT molecular complexity index is 179. The van der Waals surface area contributed by atoms with Gasteiger partial charge in [-0.05, 0) is 31.1 Å². The van der Waals surface area contributed by atoms with Gasteiger partial charge in [0.2, 0.25) is 6.43 Å². The van der Waals surface area contributed by atoms with E-state index in [1.165, 1.54) is 6.42 Å². The fourth-order valence-electron chi connectivity index (χ4n) is 2.86. The molecule has 2 fully saturated rings. The Morgan fingerprint density at radius 2 is 1.83 bits per heavy atom. The summed E-state index contributed by atoms with van der Waals surface area (Å²) < 4.78 is 25.1. The van der Waals surface area contributed by atoms with Crippen molar-refractivity contribution in [3.8, 4) is 0 Å². The van der Waals surface area contributed by atoms with E-state index in [2.05, 4.69) is 0 Å². The summed E-state index contributed by atoms with van der Waals surface area (Å²) in [5.41, 5.74) is 4.89. The largest absolute Gasteiger partial charge is 0.330 e. The normalized spacial score (nSPS) is 30.0. The molecule has 0 unspecified atom stereocenters. The van der Waals surface area contributed by atoms with Gasteiger partial charge in [-0.3, -0.25) is 0 Å². The van der Waals surface area contributed by atoms with E-state index >= 15 is 0 Å². The standard InChI is InChI=1S/C9H15F2N/c10-7(11)9(6-12)4-8(5-9)2-1-3-8/h7H,1-6,12H2. The minimum absolute atomic E-state index is 0.159. The average Bonchev–Trinajstić information content (AvgIpc) is 1.82. The predicted octanol–water partition coefficient (Wildman–Crippen LogP) is 2.16. The van der Waals surface area contributed by atoms with Crippen molar-refractivity contribution in [1.82, 2.24) is 0 Å². The van der Waals surface area contributed by atoms with Crippen molar-refractivity contribution in [1.29, 1.82) is 0 Å². The average molecular weight is 175 g/mol. The maximum absolute atomic E-state index is 12.6. The van der Waals surface area contributed by atoms with E-state index in [-0.39, 0.29) is 6.54 Å². The van der Waals surface area contributed by atoms with E-state index in [0.29, 0.717) is 18.3 Å². The number of hydrogen-bond acceptors (Lipinski definition) is 1. The Labute approximate surface area is 71.3 Å². The summed E-state index contributed by atoms with van der Waals surface area (Å²) in [6.07, 6.45) is 2.67. The summed E-state index contributed by atoms with van der Waals surface area (Å²) >= 11 is 0. The lowest BCUT2D eigenvalue weighted by Gasteiger charge is -2.60. The smallest absolute Gasteiger partial charge is 0.245 e. The van der Waals surface area contributed by atoms with Crippen LogP contribution in [0.4, 0.5) is 8.78 Å². The number of hydrogen-bond donors (Lipinski definition) is 1. The molecule has 0 radical (unpaired) electrons. The predicted molar refractivity (Wildman–Crippen MR) is 43.0 cm³/mol. The lowest BCUT2D eigenvalue weighted by Crippen LogP contribution is -2.57. The molecule has 2 saturated carbocycles. The highest BCUT2D eigenvalue weighted by molar-refractivity contribution is 5.08. The van der Waals surface area contributed by atoms with E-state index < -0.39 is 11.8 Å². The molecule has 2 aliphatic carbocycles. The highest BCUT2D eigenvalue weighted by Gasteiger charge is 2.60. The van der Waals surface area contributed by atoms with Gasteiger partial charge in [0.1, 0.15) is 0 Å². The van der Waals surface area contributed by atoms with Crippen LogP contribution in [-0.4, -0.2) is 13.0 Å². The molecule has 0 saturated heterocycles. The van der Waals surface area contributed by atoms with Crippen LogP contribution in [0.3, 0.4) is 0 Å². The Hall–Kier alpha value is -0.180. The molecule has 0 aromatic carbocycles. The Morgan fingerprint density at radius 3 is 2.08 bits per heavy atom. The highest BCUT2D eigenvalue weighted by Crippen LogP contribution is 2.65. The van der Waals surface area contributed by atoms with Crippen LogP contribution in [0.25, 0.3) is 0 Å². The second-order valence-electron chi connectivity index (χ2n) is 4.57. The second kappa shape index (κ2) is 2.41. The van der Waals surface area contributed by atoms with Crippen LogP contribution in [0.1, 0.15) is 32.1 Å². The second-order valence-corrected chi connectivity index (χ2v) is 4.57. The first-order valence-corrected chi connectivity index (χ1v) is 4.61. The summed E-state index contributed by atoms with van der Waals surface area (Å²) in [6, 6.07) is 0. The van der Waals surface area contributed by atoms with Gasteiger partial charge in [-0.2, -0.15) is 0 Å². The van der Waals surface area contributed by atoms with E-state index in [0.717, 1.165) is 12.8 Å². The molecule has 0 bridgehead atoms. The van der Waals surface area contributed by atoms with Gasteiger partial charge in [0, 0.05) is 12.0 Å². The lowest BCUT2D eigenvalue weighted by atomic mass is 9.45. The molecule has 2 N–H and O–H groups in total. The van der Waals surface area contributed by atoms with Crippen LogP contribution in [0.5, 0.6) is 0 Å². The van der Waals surface area contributed by atoms with Gasteiger partial charge in [-0.15, -0.1) is 0 Å². The first-order chi connectivity index (χ1) is 5.63. The lowest BCUT2D eigenvalue weighted by molar-refractivity contribution is -0.164. The summed E-state index contributed by atoms with van der Waals surface area (Å²) in [5, 5.41) is 0. The van der Waals surface area contributed by atoms with Gasteiger partial charge in [-0.25, -0.2) is 8.78 Å². The molecular formula is C9H15F2N. The number of rotatable bonds is 2. The Morgan fingerprint density at radius 1 is 1.25 bits per heavy atom. The van der Waals surface area contributed by atoms with Crippen LogP contribution >= 0.6 is 0 Å². The summed E-state index contributed by atoms with van der Waals surface area (Å²) in [6.45, 7) is 0.159. The van der Waals surface area contributed by atoms with Crippen molar-refractivity contribution in [3.63, 3.8) is 0 Å².